The van der Waals surface area contributed by atoms with Crippen LogP contribution in [0.1, 0.15) is 12.6 Å². The number of hydrogen-bond donors (Lipinski definition) is 1. The number of aromatic nitrogens is 3. The number of anilines is 1. The fourth-order valence-electron chi connectivity index (χ4n) is 0.660. The molecule has 2 N–H and O–H groups in total. The van der Waals surface area contributed by atoms with Gasteiger partial charge in [0.2, 0.25) is 5.95 Å². The third-order valence-corrected chi connectivity index (χ3v) is 1.18. The first kappa shape index (κ1) is 8.45. The van der Waals surface area contributed by atoms with Gasteiger partial charge >= 0.3 is 0 Å². The van der Waals surface area contributed by atoms with Crippen molar-refractivity contribution >= 4 is 11.7 Å². The van der Waals surface area contributed by atoms with E-state index in [1.165, 1.54) is 6.20 Å². The standard InChI is InChI=1S/C7H10N4O/c1-3-12-5(2)6-4-9-7(8)11-10-6/h4H,2-3H2,1H3,(H2,8,9,11). The highest BCUT2D eigenvalue weighted by Crippen LogP contribution is 2.07. The Morgan fingerprint density at radius 1 is 1.67 bits per heavy atom. The highest BCUT2D eigenvalue weighted by Gasteiger charge is 2.01. The Hall–Kier alpha value is -1.65. The van der Waals surface area contributed by atoms with Gasteiger partial charge in [0.15, 0.2) is 0 Å². The van der Waals surface area contributed by atoms with Crippen molar-refractivity contribution < 1.29 is 4.74 Å². The lowest BCUT2D eigenvalue weighted by atomic mass is 10.4. The zero-order valence-electron chi connectivity index (χ0n) is 6.82. The van der Waals surface area contributed by atoms with Crippen LogP contribution in [0.15, 0.2) is 12.8 Å². The third-order valence-electron chi connectivity index (χ3n) is 1.18. The molecule has 0 spiro atoms. The summed E-state index contributed by atoms with van der Waals surface area (Å²) in [6.45, 7) is 6.05. The average Bonchev–Trinajstić information content (AvgIpc) is 2.06. The summed E-state index contributed by atoms with van der Waals surface area (Å²) in [5.74, 6) is 0.598. The van der Waals surface area contributed by atoms with E-state index in [0.717, 1.165) is 0 Å². The van der Waals surface area contributed by atoms with Gasteiger partial charge in [0.25, 0.3) is 0 Å². The second-order valence-corrected chi connectivity index (χ2v) is 2.06. The molecule has 12 heavy (non-hydrogen) atoms. The van der Waals surface area contributed by atoms with Crippen LogP contribution in [0.3, 0.4) is 0 Å². The lowest BCUT2D eigenvalue weighted by Crippen LogP contribution is -2.01. The summed E-state index contributed by atoms with van der Waals surface area (Å²) < 4.78 is 5.09. The Morgan fingerprint density at radius 3 is 2.92 bits per heavy atom. The van der Waals surface area contributed by atoms with Crippen LogP contribution < -0.4 is 5.73 Å². The van der Waals surface area contributed by atoms with Crippen LogP contribution in [0.5, 0.6) is 0 Å². The van der Waals surface area contributed by atoms with E-state index in [1.807, 2.05) is 6.92 Å². The van der Waals surface area contributed by atoms with E-state index >= 15 is 0 Å². The minimum Gasteiger partial charge on any atom is -0.492 e. The maximum Gasteiger partial charge on any atom is 0.240 e. The first-order valence-electron chi connectivity index (χ1n) is 3.51. The van der Waals surface area contributed by atoms with E-state index < -0.39 is 0 Å². The molecule has 1 heterocycles. The van der Waals surface area contributed by atoms with Crippen LogP contribution in [-0.4, -0.2) is 21.8 Å². The van der Waals surface area contributed by atoms with Crippen LogP contribution in [0.25, 0.3) is 5.76 Å². The number of hydrogen-bond acceptors (Lipinski definition) is 5. The van der Waals surface area contributed by atoms with Gasteiger partial charge in [0, 0.05) is 0 Å². The van der Waals surface area contributed by atoms with Gasteiger partial charge in [-0.25, -0.2) is 4.98 Å². The summed E-state index contributed by atoms with van der Waals surface area (Å²) >= 11 is 0. The number of nitrogen functional groups attached to an aromatic ring is 1. The largest absolute Gasteiger partial charge is 0.492 e. The summed E-state index contributed by atoms with van der Waals surface area (Å²) in [6, 6.07) is 0. The molecule has 1 aromatic rings. The Labute approximate surface area is 70.3 Å². The van der Waals surface area contributed by atoms with E-state index in [9.17, 15) is 0 Å². The summed E-state index contributed by atoms with van der Waals surface area (Å²) in [5.41, 5.74) is 5.75. The average molecular weight is 166 g/mol. The van der Waals surface area contributed by atoms with E-state index in [0.29, 0.717) is 18.1 Å². The highest BCUT2D eigenvalue weighted by molar-refractivity contribution is 5.51. The van der Waals surface area contributed by atoms with Crippen LogP contribution in [0, 0.1) is 0 Å². The molecular formula is C7H10N4O. The molecule has 1 rings (SSSR count). The molecule has 1 aromatic heterocycles. The second kappa shape index (κ2) is 3.66. The molecule has 0 aliphatic heterocycles. The van der Waals surface area contributed by atoms with E-state index in [1.54, 1.807) is 0 Å². The first-order chi connectivity index (χ1) is 5.74. The minimum absolute atomic E-state index is 0.142. The molecule has 0 aliphatic rings. The number of nitrogens with zero attached hydrogens (tertiary/aromatic N) is 3. The Bertz CT molecular complexity index is 269. The van der Waals surface area contributed by atoms with Gasteiger partial charge < -0.3 is 10.5 Å². The minimum atomic E-state index is 0.142. The molecule has 0 radical (unpaired) electrons. The molecule has 0 atom stereocenters. The monoisotopic (exact) mass is 166 g/mol. The molecule has 5 heteroatoms. The molecule has 0 amide bonds. The molecule has 64 valence electrons. The van der Waals surface area contributed by atoms with Gasteiger partial charge in [-0.05, 0) is 6.92 Å². The van der Waals surface area contributed by atoms with Crippen molar-refractivity contribution in [2.24, 2.45) is 0 Å². The van der Waals surface area contributed by atoms with Crippen molar-refractivity contribution in [3.05, 3.63) is 18.5 Å². The summed E-state index contributed by atoms with van der Waals surface area (Å²) in [5, 5.41) is 7.29. The van der Waals surface area contributed by atoms with Gasteiger partial charge in [0.1, 0.15) is 11.5 Å². The summed E-state index contributed by atoms with van der Waals surface area (Å²) in [6.07, 6.45) is 1.47. The molecule has 0 saturated carbocycles. The topological polar surface area (TPSA) is 73.9 Å². The molecule has 0 unspecified atom stereocenters. The van der Waals surface area contributed by atoms with Gasteiger partial charge in [-0.15, -0.1) is 10.2 Å². The van der Waals surface area contributed by atoms with Crippen molar-refractivity contribution in [1.82, 2.24) is 15.2 Å². The molecule has 0 saturated heterocycles. The molecule has 5 nitrogen and oxygen atoms in total. The fraction of sp³-hybridized carbons (Fsp3) is 0.286. The zero-order chi connectivity index (χ0) is 8.97. The van der Waals surface area contributed by atoms with Crippen LogP contribution in [0.2, 0.25) is 0 Å². The summed E-state index contributed by atoms with van der Waals surface area (Å²) in [7, 11) is 0. The zero-order valence-corrected chi connectivity index (χ0v) is 6.82. The quantitative estimate of drug-likeness (QED) is 0.660. The molecule has 0 aromatic carbocycles. The number of rotatable bonds is 3. The van der Waals surface area contributed by atoms with Crippen LogP contribution in [0.4, 0.5) is 5.95 Å². The lowest BCUT2D eigenvalue weighted by Gasteiger charge is -2.03. The van der Waals surface area contributed by atoms with Crippen molar-refractivity contribution in [2.45, 2.75) is 6.92 Å². The lowest BCUT2D eigenvalue weighted by molar-refractivity contribution is 0.297. The maximum atomic E-state index is 5.25. The van der Waals surface area contributed by atoms with Crippen LogP contribution >= 0.6 is 0 Å². The Balaban J connectivity index is 2.75. The SMILES string of the molecule is C=C(OCC)c1cnc(N)nn1. The molecule has 0 bridgehead atoms. The maximum absolute atomic E-state index is 5.25. The van der Waals surface area contributed by atoms with Crippen molar-refractivity contribution in [3.8, 4) is 0 Å². The second-order valence-electron chi connectivity index (χ2n) is 2.06. The normalized spacial score (nSPS) is 9.42. The van der Waals surface area contributed by atoms with Crippen LogP contribution in [-0.2, 0) is 4.74 Å². The first-order valence-corrected chi connectivity index (χ1v) is 3.51. The fourth-order valence-corrected chi connectivity index (χ4v) is 0.660. The smallest absolute Gasteiger partial charge is 0.240 e. The predicted octanol–water partition coefficient (Wildman–Crippen LogP) is 0.461. The molecule has 0 fully saturated rings. The van der Waals surface area contributed by atoms with E-state index in [2.05, 4.69) is 21.8 Å². The van der Waals surface area contributed by atoms with Gasteiger partial charge in [-0.2, -0.15) is 0 Å². The van der Waals surface area contributed by atoms with Crippen molar-refractivity contribution in [3.63, 3.8) is 0 Å². The van der Waals surface area contributed by atoms with Gasteiger partial charge in [-0.3, -0.25) is 0 Å². The van der Waals surface area contributed by atoms with Crippen molar-refractivity contribution in [1.29, 1.82) is 0 Å². The summed E-state index contributed by atoms with van der Waals surface area (Å²) in [4.78, 5) is 3.75. The highest BCUT2D eigenvalue weighted by atomic mass is 16.5. The number of nitrogens with two attached hydrogens (primary N) is 1. The third kappa shape index (κ3) is 1.91. The molecular weight excluding hydrogens is 156 g/mol. The predicted molar refractivity (Wildman–Crippen MR) is 44.9 cm³/mol. The van der Waals surface area contributed by atoms with Gasteiger partial charge in [0.05, 0.1) is 12.8 Å². The molecule has 0 aliphatic carbocycles. The Morgan fingerprint density at radius 2 is 2.42 bits per heavy atom. The van der Waals surface area contributed by atoms with Gasteiger partial charge in [-0.1, -0.05) is 6.58 Å². The van der Waals surface area contributed by atoms with Crippen molar-refractivity contribution in [2.75, 3.05) is 12.3 Å². The number of ether oxygens (including phenoxy) is 1. The Kier molecular flexibility index (Phi) is 2.57. The van der Waals surface area contributed by atoms with E-state index in [-0.39, 0.29) is 5.95 Å². The van der Waals surface area contributed by atoms with E-state index in [4.69, 9.17) is 10.5 Å².